The van der Waals surface area contributed by atoms with Gasteiger partial charge >= 0.3 is 0 Å². The lowest BCUT2D eigenvalue weighted by Gasteiger charge is -2.39. The third kappa shape index (κ3) is 20.6. The highest BCUT2D eigenvalue weighted by atomic mass is 35.5. The topological polar surface area (TPSA) is 35.2 Å². The highest BCUT2D eigenvalue weighted by molar-refractivity contribution is 6.30. The van der Waals surface area contributed by atoms with Crippen LogP contribution in [-0.2, 0) is 0 Å². The molecule has 0 bridgehead atoms. The molecule has 2 fully saturated rings. The Hall–Kier alpha value is -7.61. The van der Waals surface area contributed by atoms with Crippen molar-refractivity contribution in [1.29, 1.82) is 0 Å². The van der Waals surface area contributed by atoms with Crippen molar-refractivity contribution in [3.8, 4) is 0 Å². The third-order valence-electron chi connectivity index (χ3n) is 14.1. The van der Waals surface area contributed by atoms with E-state index in [1.807, 2.05) is 61.8 Å². The van der Waals surface area contributed by atoms with Gasteiger partial charge in [-0.1, -0.05) is 127 Å². The van der Waals surface area contributed by atoms with Crippen LogP contribution in [0, 0.1) is 106 Å². The lowest BCUT2D eigenvalue weighted by atomic mass is 10.0. The van der Waals surface area contributed by atoms with Gasteiger partial charge in [0.05, 0.1) is 5.52 Å². The number of rotatable bonds is 2. The molecule has 1 N–H and O–H groups in total. The lowest BCUT2D eigenvalue weighted by Crippen LogP contribution is -2.45. The zero-order valence-electron chi connectivity index (χ0n) is 49.4. The van der Waals surface area contributed by atoms with Crippen LogP contribution in [0.2, 0.25) is 5.02 Å². The van der Waals surface area contributed by atoms with E-state index in [4.69, 9.17) is 11.6 Å². The molecule has 4 nitrogen and oxygen atoms in total. The van der Waals surface area contributed by atoms with Crippen LogP contribution in [0.15, 0.2) is 188 Å². The number of aromatic nitrogens is 2. The molecule has 80 heavy (non-hydrogen) atoms. The van der Waals surface area contributed by atoms with Crippen molar-refractivity contribution in [1.82, 2.24) is 9.97 Å². The lowest BCUT2D eigenvalue weighted by molar-refractivity contribution is 0.447. The van der Waals surface area contributed by atoms with Crippen LogP contribution in [0.4, 0.5) is 24.5 Å². The summed E-state index contributed by atoms with van der Waals surface area (Å²) in [7, 11) is 0. The fourth-order valence-corrected chi connectivity index (χ4v) is 8.69. The number of aromatic amines is 1. The first-order valence-electron chi connectivity index (χ1n) is 27.5. The summed E-state index contributed by atoms with van der Waals surface area (Å²) in [5.74, 6) is 0.0592. The van der Waals surface area contributed by atoms with E-state index >= 15 is 0 Å². The molecule has 10 aromatic rings. The highest BCUT2D eigenvalue weighted by Crippen LogP contribution is 2.25. The van der Waals surface area contributed by atoms with Crippen LogP contribution in [-0.4, -0.2) is 36.1 Å². The van der Waals surface area contributed by atoms with Crippen molar-refractivity contribution in [2.24, 2.45) is 5.92 Å². The van der Waals surface area contributed by atoms with Gasteiger partial charge < -0.3 is 14.8 Å². The summed E-state index contributed by atoms with van der Waals surface area (Å²) < 4.78 is 37.7. The smallest absolute Gasteiger partial charge is 0.126 e. The van der Waals surface area contributed by atoms with Crippen LogP contribution < -0.4 is 9.80 Å². The van der Waals surface area contributed by atoms with Gasteiger partial charge in [0.25, 0.3) is 0 Å². The molecule has 8 aromatic carbocycles. The van der Waals surface area contributed by atoms with Crippen molar-refractivity contribution in [2.75, 3.05) is 36.0 Å². The predicted octanol–water partition coefficient (Wildman–Crippen LogP) is 20.0. The second-order valence-corrected chi connectivity index (χ2v) is 21.5. The highest BCUT2D eigenvalue weighted by Gasteiger charge is 2.22. The maximum Gasteiger partial charge on any atom is 0.126 e. The molecule has 0 aliphatic carbocycles. The van der Waals surface area contributed by atoms with Gasteiger partial charge in [0.2, 0.25) is 0 Å². The monoisotopic (exact) mass is 1090 g/mol. The van der Waals surface area contributed by atoms with Crippen LogP contribution in [0.25, 0.3) is 21.8 Å². The summed E-state index contributed by atoms with van der Waals surface area (Å²) in [6.07, 6.45) is 5.20. The summed E-state index contributed by atoms with van der Waals surface area (Å²) in [5.41, 5.74) is 18.2. The number of halogens is 4. The van der Waals surface area contributed by atoms with Gasteiger partial charge in [-0.3, -0.25) is 4.98 Å². The fraction of sp³-hybridized carbons (Fsp3) is 0.264. The van der Waals surface area contributed by atoms with E-state index in [9.17, 15) is 13.2 Å². The van der Waals surface area contributed by atoms with E-state index < -0.39 is 0 Å². The first-order chi connectivity index (χ1) is 38.2. The van der Waals surface area contributed by atoms with E-state index in [1.54, 1.807) is 26.8 Å². The molecule has 0 radical (unpaired) electrons. The summed E-state index contributed by atoms with van der Waals surface area (Å²) >= 11 is 5.72. The van der Waals surface area contributed by atoms with Crippen LogP contribution in [0.3, 0.4) is 0 Å². The largest absolute Gasteiger partial charge is 0.371 e. The molecule has 4 heterocycles. The molecule has 2 aromatic heterocycles. The molecule has 8 heteroatoms. The molecule has 0 saturated carbocycles. The van der Waals surface area contributed by atoms with Gasteiger partial charge in [-0.05, 0) is 230 Å². The Morgan fingerprint density at radius 3 is 1.48 bits per heavy atom. The summed E-state index contributed by atoms with van der Waals surface area (Å²) in [4.78, 5) is 12.2. The number of aryl methyl sites for hydroxylation is 10. The van der Waals surface area contributed by atoms with Crippen molar-refractivity contribution in [3.63, 3.8) is 0 Å². The molecule has 2 saturated heterocycles. The molecular weight excluding hydrogens is 1010 g/mol. The summed E-state index contributed by atoms with van der Waals surface area (Å²) in [5, 5.41) is 3.35. The maximum absolute atomic E-state index is 12.6. The average Bonchev–Trinajstić information content (AvgIpc) is 3.80. The first-order valence-corrected chi connectivity index (χ1v) is 27.9. The number of hydrogen-bond acceptors (Lipinski definition) is 3. The molecule has 2 aliphatic heterocycles. The second-order valence-electron chi connectivity index (χ2n) is 21.1. The molecule has 418 valence electrons. The number of nitrogens with one attached hydrogen (secondary N) is 1. The van der Waals surface area contributed by atoms with Crippen molar-refractivity contribution in [2.45, 2.75) is 96.4 Å². The standard InChI is InChI=1S/C11H15N.C10H13N.C10H9N.C9H9N.C8H9Cl.C8H8F2.C8H9F.C8H10/c1-9-4-3-5-11(6-9)12-7-10(2)8-12;1-9-4-2-5-10(8-9)11-6-3-7-11;1-8-4-5-10-9(7-8)3-2-6-11-10;1-7-6-10-9-5-3-2-4-8(7)9;1-6-3-4-8(9)5-7(6)2;1-5-6(2)8(10)4-3-7(5)9;1-6-3-4-8(9)7(2)5-6;1-7-5-3-4-6-8(7)2/h3-6,10H,7-8H2,1-2H3;2,4-5,8H,3,6-7H2,1H3;2-7H,1H3;2-6,10H,1H3;3-5H,1-2H3;3-4H,1-2H3;3-5H,1-2H3;3-6H,1-2H3. The van der Waals surface area contributed by atoms with Gasteiger partial charge in [0, 0.05) is 71.3 Å². The zero-order chi connectivity index (χ0) is 58.3. The van der Waals surface area contributed by atoms with Gasteiger partial charge in [0.15, 0.2) is 0 Å². The third-order valence-corrected chi connectivity index (χ3v) is 14.3. The van der Waals surface area contributed by atoms with Crippen molar-refractivity contribution < 1.29 is 13.2 Å². The number of anilines is 2. The number of benzene rings is 8. The number of pyridine rings is 1. The quantitative estimate of drug-likeness (QED) is 0.187. The summed E-state index contributed by atoms with van der Waals surface area (Å²) in [6, 6.07) is 57.7. The minimum absolute atomic E-state index is 0.124. The number of hydrogen-bond donors (Lipinski definition) is 1. The summed E-state index contributed by atoms with van der Waals surface area (Å²) in [6.45, 7) is 30.9. The average molecular weight is 1100 g/mol. The number of nitrogens with zero attached hydrogens (tertiary/aromatic N) is 3. The molecule has 0 unspecified atom stereocenters. The number of H-pyrrole nitrogens is 1. The van der Waals surface area contributed by atoms with Gasteiger partial charge in [-0.25, -0.2) is 13.2 Å². The van der Waals surface area contributed by atoms with Gasteiger partial charge in [0.1, 0.15) is 17.5 Å². The van der Waals surface area contributed by atoms with Crippen molar-refractivity contribution in [3.05, 3.63) is 278 Å². The van der Waals surface area contributed by atoms with E-state index in [-0.39, 0.29) is 17.5 Å². The Morgan fingerprint density at radius 1 is 0.450 bits per heavy atom. The Morgan fingerprint density at radius 2 is 0.975 bits per heavy atom. The van der Waals surface area contributed by atoms with E-state index in [2.05, 4.69) is 191 Å². The van der Waals surface area contributed by atoms with E-state index in [1.165, 1.54) is 111 Å². The molecule has 0 atom stereocenters. The van der Waals surface area contributed by atoms with E-state index in [0.717, 1.165) is 39.7 Å². The Bertz CT molecular complexity index is 3400. The Kier molecular flexibility index (Phi) is 25.2. The van der Waals surface area contributed by atoms with Gasteiger partial charge in [-0.2, -0.15) is 0 Å². The predicted molar refractivity (Wildman–Crippen MR) is 339 cm³/mol. The number of para-hydroxylation sites is 1. The Labute approximate surface area is 481 Å². The fourth-order valence-electron chi connectivity index (χ4n) is 8.46. The Balaban J connectivity index is 0.000000169. The number of fused-ring (bicyclic) bond motifs is 2. The normalized spacial score (nSPS) is 12.0. The molecule has 0 spiro atoms. The van der Waals surface area contributed by atoms with Crippen LogP contribution in [0.5, 0.6) is 0 Å². The molecule has 12 rings (SSSR count). The zero-order valence-corrected chi connectivity index (χ0v) is 50.1. The van der Waals surface area contributed by atoms with Crippen LogP contribution in [0.1, 0.15) is 80.1 Å². The molecule has 0 amide bonds. The first kappa shape index (κ1) is 63.2. The van der Waals surface area contributed by atoms with Crippen molar-refractivity contribution >= 4 is 44.8 Å². The second kappa shape index (κ2) is 31.8. The van der Waals surface area contributed by atoms with Gasteiger partial charge in [-0.15, -0.1) is 0 Å². The van der Waals surface area contributed by atoms with E-state index in [0.29, 0.717) is 11.1 Å². The molecule has 2 aliphatic rings. The minimum Gasteiger partial charge on any atom is -0.371 e. The SMILES string of the molecule is Cc1c(F)ccc(F)c1C.Cc1c[nH]c2ccccc12.Cc1ccc(Cl)cc1C.Cc1ccc(F)c(C)c1.Cc1ccc2ncccc2c1.Cc1cccc(N2CC(C)C2)c1.Cc1cccc(N2CCC2)c1.Cc1ccccc1C. The minimum atomic E-state index is -0.348. The maximum atomic E-state index is 12.6. The van der Waals surface area contributed by atoms with Crippen LogP contribution >= 0.6 is 11.6 Å². The molecular formula is C72H82ClF3N4.